The monoisotopic (exact) mass is 347 g/mol. The van der Waals surface area contributed by atoms with Gasteiger partial charge < -0.3 is 9.15 Å². The van der Waals surface area contributed by atoms with Crippen LogP contribution in [0.4, 0.5) is 0 Å². The second kappa shape index (κ2) is 5.77. The molecule has 3 aromatic rings. The second-order valence-electron chi connectivity index (χ2n) is 4.74. The van der Waals surface area contributed by atoms with Crippen LogP contribution in [0, 0.1) is 0 Å². The van der Waals surface area contributed by atoms with Crippen molar-refractivity contribution < 1.29 is 9.15 Å². The molecule has 108 valence electrons. The topological polar surface area (TPSA) is 44.4 Å². The van der Waals surface area contributed by atoms with Gasteiger partial charge in [0.15, 0.2) is 5.58 Å². The molecule has 1 aromatic heterocycles. The highest BCUT2D eigenvalue weighted by Gasteiger charge is 2.10. The Morgan fingerprint density at radius 1 is 1.14 bits per heavy atom. The standard InChI is InChI=1S/C16H14BrNO3/c1-20-13-5-2-11(3-6-13)10-18-14-7-4-12(9-17)8-15(14)21-16(18)19/h2-8H,9-10H2,1H3. The van der Waals surface area contributed by atoms with E-state index in [-0.39, 0.29) is 5.76 Å². The summed E-state index contributed by atoms with van der Waals surface area (Å²) in [5, 5.41) is 0.732. The zero-order valence-corrected chi connectivity index (χ0v) is 13.1. The van der Waals surface area contributed by atoms with E-state index in [1.807, 2.05) is 42.5 Å². The van der Waals surface area contributed by atoms with Crippen molar-refractivity contribution in [1.82, 2.24) is 4.57 Å². The summed E-state index contributed by atoms with van der Waals surface area (Å²) in [4.78, 5) is 12.0. The van der Waals surface area contributed by atoms with Gasteiger partial charge in [0.1, 0.15) is 5.75 Å². The predicted octanol–water partition coefficient (Wildman–Crippen LogP) is 3.55. The molecule has 0 saturated carbocycles. The first-order chi connectivity index (χ1) is 10.2. The number of alkyl halides is 1. The van der Waals surface area contributed by atoms with Gasteiger partial charge in [0, 0.05) is 5.33 Å². The van der Waals surface area contributed by atoms with Crippen LogP contribution in [0.5, 0.6) is 5.75 Å². The number of halogens is 1. The van der Waals surface area contributed by atoms with E-state index in [0.717, 1.165) is 27.7 Å². The van der Waals surface area contributed by atoms with Gasteiger partial charge in [-0.05, 0) is 35.4 Å². The number of fused-ring (bicyclic) bond motifs is 1. The van der Waals surface area contributed by atoms with Crippen LogP contribution < -0.4 is 10.5 Å². The molecular formula is C16H14BrNO3. The molecule has 5 heteroatoms. The van der Waals surface area contributed by atoms with Crippen LogP contribution in [0.2, 0.25) is 0 Å². The lowest BCUT2D eigenvalue weighted by molar-refractivity contribution is 0.414. The summed E-state index contributed by atoms with van der Waals surface area (Å²) in [7, 11) is 1.63. The van der Waals surface area contributed by atoms with Gasteiger partial charge in [-0.25, -0.2) is 4.79 Å². The first-order valence-electron chi connectivity index (χ1n) is 6.52. The Bertz CT molecular complexity index is 818. The van der Waals surface area contributed by atoms with Gasteiger partial charge in [-0.2, -0.15) is 0 Å². The molecule has 0 spiro atoms. The molecule has 2 aromatic carbocycles. The number of aromatic nitrogens is 1. The van der Waals surface area contributed by atoms with E-state index in [1.54, 1.807) is 11.7 Å². The van der Waals surface area contributed by atoms with Crippen molar-refractivity contribution in [1.29, 1.82) is 0 Å². The highest BCUT2D eigenvalue weighted by molar-refractivity contribution is 9.08. The summed E-state index contributed by atoms with van der Waals surface area (Å²) >= 11 is 3.40. The Kier molecular flexibility index (Phi) is 3.84. The zero-order valence-electron chi connectivity index (χ0n) is 11.5. The number of benzene rings is 2. The molecule has 0 amide bonds. The highest BCUT2D eigenvalue weighted by Crippen LogP contribution is 2.19. The Morgan fingerprint density at radius 2 is 1.86 bits per heavy atom. The van der Waals surface area contributed by atoms with Crippen molar-refractivity contribution >= 4 is 27.0 Å². The van der Waals surface area contributed by atoms with Crippen LogP contribution >= 0.6 is 15.9 Å². The minimum absolute atomic E-state index is 0.340. The molecule has 0 unspecified atom stereocenters. The van der Waals surface area contributed by atoms with Gasteiger partial charge in [-0.15, -0.1) is 0 Å². The minimum Gasteiger partial charge on any atom is -0.497 e. The summed E-state index contributed by atoms with van der Waals surface area (Å²) in [5.41, 5.74) is 3.52. The highest BCUT2D eigenvalue weighted by atomic mass is 79.9. The summed E-state index contributed by atoms with van der Waals surface area (Å²) in [6.07, 6.45) is 0. The fourth-order valence-electron chi connectivity index (χ4n) is 2.26. The molecule has 0 radical (unpaired) electrons. The molecule has 0 atom stereocenters. The van der Waals surface area contributed by atoms with E-state index in [9.17, 15) is 4.79 Å². The van der Waals surface area contributed by atoms with E-state index >= 15 is 0 Å². The van der Waals surface area contributed by atoms with Gasteiger partial charge in [0.25, 0.3) is 0 Å². The maximum absolute atomic E-state index is 12.0. The van der Waals surface area contributed by atoms with Gasteiger partial charge in [0.2, 0.25) is 0 Å². The summed E-state index contributed by atoms with van der Waals surface area (Å²) in [6, 6.07) is 13.4. The van der Waals surface area contributed by atoms with E-state index < -0.39 is 0 Å². The molecular weight excluding hydrogens is 334 g/mol. The summed E-state index contributed by atoms with van der Waals surface area (Å²) in [6.45, 7) is 0.476. The van der Waals surface area contributed by atoms with E-state index in [2.05, 4.69) is 15.9 Å². The quantitative estimate of drug-likeness (QED) is 0.678. The average molecular weight is 348 g/mol. The first-order valence-corrected chi connectivity index (χ1v) is 7.64. The Balaban J connectivity index is 1.99. The number of methoxy groups -OCH3 is 1. The number of hydrogen-bond donors (Lipinski definition) is 0. The minimum atomic E-state index is -0.340. The van der Waals surface area contributed by atoms with Gasteiger partial charge in [-0.3, -0.25) is 4.57 Å². The van der Waals surface area contributed by atoms with E-state index in [4.69, 9.17) is 9.15 Å². The van der Waals surface area contributed by atoms with Gasteiger partial charge in [-0.1, -0.05) is 34.1 Å². The van der Waals surface area contributed by atoms with Crippen LogP contribution in [-0.4, -0.2) is 11.7 Å². The van der Waals surface area contributed by atoms with Crippen LogP contribution in [0.25, 0.3) is 11.1 Å². The van der Waals surface area contributed by atoms with Crippen molar-refractivity contribution in [2.75, 3.05) is 7.11 Å². The molecule has 0 N–H and O–H groups in total. The Labute approximate surface area is 130 Å². The van der Waals surface area contributed by atoms with Crippen LogP contribution in [0.15, 0.2) is 51.7 Å². The molecule has 1 heterocycles. The predicted molar refractivity (Wildman–Crippen MR) is 85.2 cm³/mol. The summed E-state index contributed by atoms with van der Waals surface area (Å²) in [5.74, 6) is 0.456. The SMILES string of the molecule is COc1ccc(Cn2c(=O)oc3cc(CBr)ccc32)cc1. The third-order valence-corrected chi connectivity index (χ3v) is 4.03. The zero-order chi connectivity index (χ0) is 14.8. The largest absolute Gasteiger partial charge is 0.497 e. The van der Waals surface area contributed by atoms with Crippen LogP contribution in [-0.2, 0) is 11.9 Å². The summed E-state index contributed by atoms with van der Waals surface area (Å²) < 4.78 is 12.1. The van der Waals surface area contributed by atoms with Gasteiger partial charge in [0.05, 0.1) is 19.2 Å². The molecule has 0 fully saturated rings. The van der Waals surface area contributed by atoms with Crippen molar-refractivity contribution in [2.45, 2.75) is 11.9 Å². The normalized spacial score (nSPS) is 11.0. The van der Waals surface area contributed by atoms with Crippen LogP contribution in [0.3, 0.4) is 0 Å². The molecule has 0 bridgehead atoms. The smallest absolute Gasteiger partial charge is 0.420 e. The second-order valence-corrected chi connectivity index (χ2v) is 5.30. The van der Waals surface area contributed by atoms with Crippen molar-refractivity contribution in [3.05, 3.63) is 64.1 Å². The number of hydrogen-bond acceptors (Lipinski definition) is 3. The molecule has 0 aliphatic carbocycles. The third-order valence-electron chi connectivity index (χ3n) is 3.39. The molecule has 0 aliphatic rings. The lowest BCUT2D eigenvalue weighted by Crippen LogP contribution is -2.14. The first kappa shape index (κ1) is 13.9. The molecule has 3 rings (SSSR count). The van der Waals surface area contributed by atoms with E-state index in [0.29, 0.717) is 12.1 Å². The fraction of sp³-hybridized carbons (Fsp3) is 0.188. The molecule has 0 aliphatic heterocycles. The molecule has 4 nitrogen and oxygen atoms in total. The fourth-order valence-corrected chi connectivity index (χ4v) is 2.61. The van der Waals surface area contributed by atoms with Crippen LogP contribution in [0.1, 0.15) is 11.1 Å². The van der Waals surface area contributed by atoms with Gasteiger partial charge >= 0.3 is 5.76 Å². The van der Waals surface area contributed by atoms with Crippen molar-refractivity contribution in [3.8, 4) is 5.75 Å². The Hall–Kier alpha value is -2.01. The lowest BCUT2D eigenvalue weighted by atomic mass is 10.2. The van der Waals surface area contributed by atoms with Crippen molar-refractivity contribution in [3.63, 3.8) is 0 Å². The Morgan fingerprint density at radius 3 is 2.52 bits per heavy atom. The number of ether oxygens (including phenoxy) is 1. The third kappa shape index (κ3) is 2.74. The lowest BCUT2D eigenvalue weighted by Gasteiger charge is -2.04. The number of rotatable bonds is 4. The molecule has 21 heavy (non-hydrogen) atoms. The maximum Gasteiger partial charge on any atom is 0.420 e. The average Bonchev–Trinajstić information content (AvgIpc) is 2.83. The van der Waals surface area contributed by atoms with Crippen molar-refractivity contribution in [2.24, 2.45) is 0 Å². The maximum atomic E-state index is 12.0. The molecule has 0 saturated heterocycles. The van der Waals surface area contributed by atoms with E-state index in [1.165, 1.54) is 0 Å². The number of oxazole rings is 1. The number of nitrogens with zero attached hydrogens (tertiary/aromatic N) is 1.